The zero-order chi connectivity index (χ0) is 25.5. The summed E-state index contributed by atoms with van der Waals surface area (Å²) in [5, 5.41) is 3.16. The molecule has 3 N–H and O–H groups in total. The van der Waals surface area contributed by atoms with E-state index in [0.29, 0.717) is 17.6 Å². The molecule has 6 rings (SSSR count). The van der Waals surface area contributed by atoms with E-state index in [1.165, 1.54) is 44.9 Å². The third-order valence-electron chi connectivity index (χ3n) is 8.59. The van der Waals surface area contributed by atoms with Crippen LogP contribution in [0.25, 0.3) is 11.1 Å². The van der Waals surface area contributed by atoms with E-state index in [1.807, 2.05) is 62.4 Å². The van der Waals surface area contributed by atoms with Gasteiger partial charge < -0.3 is 16.0 Å². The summed E-state index contributed by atoms with van der Waals surface area (Å²) in [4.78, 5) is 25.4. The van der Waals surface area contributed by atoms with Gasteiger partial charge in [0.2, 0.25) is 0 Å². The topological polar surface area (TPSA) is 84.1 Å². The van der Waals surface area contributed by atoms with Gasteiger partial charge in [-0.05, 0) is 93.2 Å². The number of rotatable bonds is 6. The van der Waals surface area contributed by atoms with Gasteiger partial charge in [-0.25, -0.2) is 9.97 Å². The monoisotopic (exact) mass is 495 g/mol. The minimum absolute atomic E-state index is 0.0986. The molecule has 0 radical (unpaired) electrons. The molecule has 2 saturated carbocycles. The summed E-state index contributed by atoms with van der Waals surface area (Å²) >= 11 is 0. The van der Waals surface area contributed by atoms with Crippen LogP contribution in [-0.2, 0) is 0 Å². The molecule has 2 heterocycles. The number of anilines is 2. The quantitative estimate of drug-likeness (QED) is 0.405. The van der Waals surface area contributed by atoms with Crippen molar-refractivity contribution in [2.24, 2.45) is 11.8 Å². The molecule has 3 aromatic rings. The van der Waals surface area contributed by atoms with Crippen LogP contribution in [0.1, 0.15) is 79.8 Å². The Bertz CT molecular complexity index is 1270. The molecule has 0 bridgehead atoms. The van der Waals surface area contributed by atoms with Crippen molar-refractivity contribution in [3.05, 3.63) is 71.7 Å². The summed E-state index contributed by atoms with van der Waals surface area (Å²) in [5.41, 5.74) is 10.2. The predicted molar refractivity (Wildman–Crippen MR) is 148 cm³/mol. The lowest BCUT2D eigenvalue weighted by molar-refractivity contribution is 0.0939. The molecule has 4 unspecified atom stereocenters. The van der Waals surface area contributed by atoms with Gasteiger partial charge in [0.25, 0.3) is 5.91 Å². The van der Waals surface area contributed by atoms with Crippen molar-refractivity contribution >= 4 is 17.4 Å². The third kappa shape index (κ3) is 4.94. The number of aromatic nitrogens is 2. The minimum atomic E-state index is -0.214. The standard InChI is InChI=1S/C31H37N5O/c1-19(33-31(37)24-11-7-21(8-12-24)22-13-15-26(32)16-14-22)27-18-30(35-20(2)34-27)36-28-6-4-3-5-25(28)17-29(36)23-9-10-23/h7-8,11-16,18-19,23,25,28-29H,3-6,9-10,17,32H2,1-2H3,(H,33,37). The number of amides is 1. The summed E-state index contributed by atoms with van der Waals surface area (Å²) in [6.45, 7) is 3.98. The maximum Gasteiger partial charge on any atom is 0.251 e. The van der Waals surface area contributed by atoms with Crippen LogP contribution in [0.15, 0.2) is 54.6 Å². The number of nitrogens with zero attached hydrogens (tertiary/aromatic N) is 3. The molecule has 2 aliphatic carbocycles. The lowest BCUT2D eigenvalue weighted by Crippen LogP contribution is -2.40. The van der Waals surface area contributed by atoms with E-state index in [1.54, 1.807) is 0 Å². The first kappa shape index (κ1) is 24.0. The molecule has 1 amide bonds. The Balaban J connectivity index is 1.19. The van der Waals surface area contributed by atoms with Gasteiger partial charge in [-0.1, -0.05) is 37.1 Å². The van der Waals surface area contributed by atoms with E-state index in [0.717, 1.165) is 46.0 Å². The fourth-order valence-corrected chi connectivity index (χ4v) is 6.51. The van der Waals surface area contributed by atoms with Gasteiger partial charge >= 0.3 is 0 Å². The molecular formula is C31H37N5O. The maximum atomic E-state index is 13.1. The number of fused-ring (bicyclic) bond motifs is 1. The Labute approximate surface area is 219 Å². The van der Waals surface area contributed by atoms with E-state index < -0.39 is 0 Å². The molecule has 4 atom stereocenters. The molecule has 2 aromatic carbocycles. The fourth-order valence-electron chi connectivity index (χ4n) is 6.51. The Morgan fingerprint density at radius 1 is 0.919 bits per heavy atom. The molecule has 192 valence electrons. The van der Waals surface area contributed by atoms with Gasteiger partial charge in [0.1, 0.15) is 11.6 Å². The average Bonchev–Trinajstić information content (AvgIpc) is 3.68. The van der Waals surface area contributed by atoms with Crippen molar-refractivity contribution < 1.29 is 4.79 Å². The van der Waals surface area contributed by atoms with Gasteiger partial charge in [-0.3, -0.25) is 4.79 Å². The smallest absolute Gasteiger partial charge is 0.251 e. The highest BCUT2D eigenvalue weighted by Crippen LogP contribution is 2.49. The first-order valence-corrected chi connectivity index (χ1v) is 13.9. The van der Waals surface area contributed by atoms with Crippen molar-refractivity contribution in [1.29, 1.82) is 0 Å². The van der Waals surface area contributed by atoms with Crippen LogP contribution >= 0.6 is 0 Å². The van der Waals surface area contributed by atoms with Crippen molar-refractivity contribution in [2.75, 3.05) is 10.6 Å². The van der Waals surface area contributed by atoms with E-state index in [4.69, 9.17) is 15.7 Å². The summed E-state index contributed by atoms with van der Waals surface area (Å²) in [6.07, 6.45) is 9.31. The number of aryl methyl sites for hydroxylation is 1. The van der Waals surface area contributed by atoms with E-state index in [-0.39, 0.29) is 11.9 Å². The number of hydrogen-bond donors (Lipinski definition) is 2. The van der Waals surface area contributed by atoms with Crippen LogP contribution in [0.2, 0.25) is 0 Å². The molecule has 1 aliphatic heterocycles. The number of nitrogen functional groups attached to an aromatic ring is 1. The van der Waals surface area contributed by atoms with Gasteiger partial charge in [0, 0.05) is 29.4 Å². The summed E-state index contributed by atoms with van der Waals surface area (Å²) in [7, 11) is 0. The molecule has 6 nitrogen and oxygen atoms in total. The number of hydrogen-bond acceptors (Lipinski definition) is 5. The summed E-state index contributed by atoms with van der Waals surface area (Å²) in [5.74, 6) is 3.35. The van der Waals surface area contributed by atoms with E-state index in [9.17, 15) is 4.79 Å². The second kappa shape index (κ2) is 9.81. The molecule has 3 aliphatic rings. The van der Waals surface area contributed by atoms with Gasteiger partial charge in [0.15, 0.2) is 0 Å². The van der Waals surface area contributed by atoms with Crippen LogP contribution in [0, 0.1) is 18.8 Å². The van der Waals surface area contributed by atoms with E-state index in [2.05, 4.69) is 16.3 Å². The van der Waals surface area contributed by atoms with Crippen LogP contribution in [0.4, 0.5) is 11.5 Å². The van der Waals surface area contributed by atoms with E-state index >= 15 is 0 Å². The Morgan fingerprint density at radius 3 is 2.30 bits per heavy atom. The highest BCUT2D eigenvalue weighted by atomic mass is 16.1. The molecule has 37 heavy (non-hydrogen) atoms. The zero-order valence-electron chi connectivity index (χ0n) is 21.9. The minimum Gasteiger partial charge on any atom is -0.399 e. The van der Waals surface area contributed by atoms with Gasteiger partial charge in [-0.15, -0.1) is 0 Å². The average molecular weight is 496 g/mol. The number of benzene rings is 2. The SMILES string of the molecule is Cc1nc(C(C)NC(=O)c2ccc(-c3ccc(N)cc3)cc2)cc(N2C3CCCCC3CC2C2CC2)n1. The van der Waals surface area contributed by atoms with Crippen molar-refractivity contribution in [1.82, 2.24) is 15.3 Å². The van der Waals surface area contributed by atoms with Crippen molar-refractivity contribution in [2.45, 2.75) is 76.9 Å². The molecule has 1 aromatic heterocycles. The molecular weight excluding hydrogens is 458 g/mol. The zero-order valence-corrected chi connectivity index (χ0v) is 21.9. The molecule has 1 saturated heterocycles. The molecule has 0 spiro atoms. The third-order valence-corrected chi connectivity index (χ3v) is 8.59. The highest BCUT2D eigenvalue weighted by molar-refractivity contribution is 5.95. The van der Waals surface area contributed by atoms with Crippen LogP contribution in [0.3, 0.4) is 0 Å². The second-order valence-electron chi connectivity index (χ2n) is 11.3. The fraction of sp³-hybridized carbons (Fsp3) is 0.452. The number of carbonyl (C=O) groups is 1. The normalized spacial score (nSPS) is 23.9. The van der Waals surface area contributed by atoms with Gasteiger partial charge in [-0.2, -0.15) is 0 Å². The lowest BCUT2D eigenvalue weighted by Gasteiger charge is -2.35. The number of carbonyl (C=O) groups excluding carboxylic acids is 1. The van der Waals surface area contributed by atoms with Crippen molar-refractivity contribution in [3.63, 3.8) is 0 Å². The first-order valence-electron chi connectivity index (χ1n) is 13.9. The Hall–Kier alpha value is -3.41. The molecule has 6 heteroatoms. The highest BCUT2D eigenvalue weighted by Gasteiger charge is 2.48. The maximum absolute atomic E-state index is 13.1. The van der Waals surface area contributed by atoms with Crippen molar-refractivity contribution in [3.8, 4) is 11.1 Å². The van der Waals surface area contributed by atoms with Crippen LogP contribution in [0.5, 0.6) is 0 Å². The number of nitrogens with two attached hydrogens (primary N) is 1. The summed E-state index contributed by atoms with van der Waals surface area (Å²) in [6, 6.07) is 18.6. The molecule has 3 fully saturated rings. The largest absolute Gasteiger partial charge is 0.399 e. The first-order chi connectivity index (χ1) is 18.0. The Morgan fingerprint density at radius 2 is 1.59 bits per heavy atom. The Kier molecular flexibility index (Phi) is 6.35. The van der Waals surface area contributed by atoms with Crippen LogP contribution < -0.4 is 16.0 Å². The number of nitrogens with one attached hydrogen (secondary N) is 1. The van der Waals surface area contributed by atoms with Gasteiger partial charge in [0.05, 0.1) is 11.7 Å². The second-order valence-corrected chi connectivity index (χ2v) is 11.3. The van der Waals surface area contributed by atoms with Crippen LogP contribution in [-0.4, -0.2) is 28.0 Å². The predicted octanol–water partition coefficient (Wildman–Crippen LogP) is 6.07. The summed E-state index contributed by atoms with van der Waals surface area (Å²) < 4.78 is 0. The lowest BCUT2D eigenvalue weighted by atomic mass is 9.84.